The van der Waals surface area contributed by atoms with Gasteiger partial charge in [0.25, 0.3) is 5.91 Å². The van der Waals surface area contributed by atoms with Crippen LogP contribution in [0.25, 0.3) is 10.8 Å². The molecule has 3 nitrogen and oxygen atoms in total. The molecular weight excluding hydrogens is 400 g/mol. The molecule has 0 spiro atoms. The molecule has 1 aliphatic rings. The zero-order valence-corrected chi connectivity index (χ0v) is 18.4. The number of halogens is 1. The van der Waals surface area contributed by atoms with Crippen molar-refractivity contribution < 1.29 is 4.79 Å². The SMILES string of the molecule is CC(C)(C)[C@@H]1CCc2c(sc(NC(=O)c3cccc4c(Cl)cccc34)c2C#N)C1. The second-order valence-corrected chi connectivity index (χ2v) is 10.2. The first-order chi connectivity index (χ1) is 13.8. The van der Waals surface area contributed by atoms with Gasteiger partial charge in [0.05, 0.1) is 5.56 Å². The van der Waals surface area contributed by atoms with E-state index in [2.05, 4.69) is 32.2 Å². The quantitative estimate of drug-likeness (QED) is 0.492. The van der Waals surface area contributed by atoms with Crippen molar-refractivity contribution in [2.75, 3.05) is 5.32 Å². The Morgan fingerprint density at radius 3 is 2.66 bits per heavy atom. The normalized spacial score (nSPS) is 16.3. The molecule has 0 unspecified atom stereocenters. The van der Waals surface area contributed by atoms with Gasteiger partial charge in [-0.05, 0) is 53.7 Å². The maximum atomic E-state index is 13.1. The number of benzene rings is 2. The zero-order chi connectivity index (χ0) is 20.8. The molecule has 0 saturated heterocycles. The third-order valence-corrected chi connectivity index (χ3v) is 7.44. The van der Waals surface area contributed by atoms with Gasteiger partial charge in [0, 0.05) is 20.8 Å². The van der Waals surface area contributed by atoms with Crippen molar-refractivity contribution in [3.63, 3.8) is 0 Å². The van der Waals surface area contributed by atoms with Crippen LogP contribution in [-0.4, -0.2) is 5.91 Å². The summed E-state index contributed by atoms with van der Waals surface area (Å²) in [6, 6.07) is 13.4. The maximum Gasteiger partial charge on any atom is 0.256 e. The molecular formula is C24H23ClN2OS. The molecule has 3 aromatic rings. The van der Waals surface area contributed by atoms with Gasteiger partial charge >= 0.3 is 0 Å². The van der Waals surface area contributed by atoms with Gasteiger partial charge in [0.1, 0.15) is 11.1 Å². The van der Waals surface area contributed by atoms with Gasteiger partial charge < -0.3 is 5.32 Å². The summed E-state index contributed by atoms with van der Waals surface area (Å²) in [5.74, 6) is 0.379. The van der Waals surface area contributed by atoms with E-state index in [9.17, 15) is 10.1 Å². The highest BCUT2D eigenvalue weighted by molar-refractivity contribution is 7.16. The number of rotatable bonds is 2. The van der Waals surface area contributed by atoms with Crippen molar-refractivity contribution in [2.45, 2.75) is 40.0 Å². The minimum atomic E-state index is -0.208. The molecule has 1 heterocycles. The van der Waals surface area contributed by atoms with Crippen LogP contribution in [0.2, 0.25) is 5.02 Å². The molecule has 29 heavy (non-hydrogen) atoms. The topological polar surface area (TPSA) is 52.9 Å². The number of thiophene rings is 1. The number of nitrogens with one attached hydrogen (secondary N) is 1. The van der Waals surface area contributed by atoms with Crippen LogP contribution in [0.15, 0.2) is 36.4 Å². The van der Waals surface area contributed by atoms with E-state index >= 15 is 0 Å². The second-order valence-electron chi connectivity index (χ2n) is 8.72. The van der Waals surface area contributed by atoms with Gasteiger partial charge in [-0.1, -0.05) is 56.6 Å². The minimum absolute atomic E-state index is 0.208. The lowest BCUT2D eigenvalue weighted by Crippen LogP contribution is -2.26. The summed E-state index contributed by atoms with van der Waals surface area (Å²) < 4.78 is 0. The number of carbonyl (C=O) groups is 1. The fourth-order valence-electron chi connectivity index (χ4n) is 4.17. The van der Waals surface area contributed by atoms with Crippen LogP contribution in [-0.2, 0) is 12.8 Å². The number of nitrogens with zero attached hydrogens (tertiary/aromatic N) is 1. The van der Waals surface area contributed by atoms with Crippen molar-refractivity contribution in [2.24, 2.45) is 11.3 Å². The summed E-state index contributed by atoms with van der Waals surface area (Å²) >= 11 is 7.85. The molecule has 1 aliphatic carbocycles. The van der Waals surface area contributed by atoms with Crippen molar-refractivity contribution >= 4 is 44.6 Å². The molecule has 0 fully saturated rings. The van der Waals surface area contributed by atoms with E-state index in [4.69, 9.17) is 11.6 Å². The Bertz CT molecular complexity index is 1150. The van der Waals surface area contributed by atoms with E-state index in [1.165, 1.54) is 4.88 Å². The summed E-state index contributed by atoms with van der Waals surface area (Å²) in [5.41, 5.74) is 2.55. The van der Waals surface area contributed by atoms with E-state index in [1.54, 1.807) is 17.4 Å². The highest BCUT2D eigenvalue weighted by Gasteiger charge is 2.32. The maximum absolute atomic E-state index is 13.1. The van der Waals surface area contributed by atoms with Crippen molar-refractivity contribution in [3.8, 4) is 6.07 Å². The smallest absolute Gasteiger partial charge is 0.256 e. The predicted molar refractivity (Wildman–Crippen MR) is 121 cm³/mol. The van der Waals surface area contributed by atoms with Crippen molar-refractivity contribution in [3.05, 3.63) is 63.0 Å². The van der Waals surface area contributed by atoms with Gasteiger partial charge in [-0.15, -0.1) is 11.3 Å². The molecule has 0 saturated carbocycles. The van der Waals surface area contributed by atoms with E-state index < -0.39 is 0 Å². The summed E-state index contributed by atoms with van der Waals surface area (Å²) in [4.78, 5) is 14.3. The second kappa shape index (κ2) is 7.48. The third kappa shape index (κ3) is 3.66. The summed E-state index contributed by atoms with van der Waals surface area (Å²) in [7, 11) is 0. The predicted octanol–water partition coefficient (Wildman–Crippen LogP) is 6.83. The molecule has 148 valence electrons. The Morgan fingerprint density at radius 1 is 1.21 bits per heavy atom. The minimum Gasteiger partial charge on any atom is -0.312 e. The number of nitriles is 1. The van der Waals surface area contributed by atoms with E-state index in [0.29, 0.717) is 27.1 Å². The molecule has 1 amide bonds. The first-order valence-corrected chi connectivity index (χ1v) is 11.0. The largest absolute Gasteiger partial charge is 0.312 e. The number of hydrogen-bond donors (Lipinski definition) is 1. The van der Waals surface area contributed by atoms with Crippen molar-refractivity contribution in [1.29, 1.82) is 5.26 Å². The standard InChI is InChI=1S/C24H23ClN2OS/c1-24(2,3)14-10-11-17-19(13-26)23(29-21(17)12-14)27-22(28)18-8-4-7-16-15(18)6-5-9-20(16)25/h4-9,14H,10-12H2,1-3H3,(H,27,28)/t14-/m1/s1. The Labute approximate surface area is 180 Å². The van der Waals surface area contributed by atoms with Gasteiger partial charge in [-0.3, -0.25) is 4.79 Å². The van der Waals surface area contributed by atoms with Crippen LogP contribution in [0.5, 0.6) is 0 Å². The van der Waals surface area contributed by atoms with E-state index in [-0.39, 0.29) is 11.3 Å². The lowest BCUT2D eigenvalue weighted by molar-refractivity contribution is 0.102. The van der Waals surface area contributed by atoms with Crippen LogP contribution >= 0.6 is 22.9 Å². The number of hydrogen-bond acceptors (Lipinski definition) is 3. The zero-order valence-electron chi connectivity index (χ0n) is 16.8. The lowest BCUT2D eigenvalue weighted by Gasteiger charge is -2.33. The highest BCUT2D eigenvalue weighted by atomic mass is 35.5. The van der Waals surface area contributed by atoms with Gasteiger partial charge in [0.2, 0.25) is 0 Å². The first kappa shape index (κ1) is 19.9. The van der Waals surface area contributed by atoms with Crippen LogP contribution in [0.3, 0.4) is 0 Å². The molecule has 0 bridgehead atoms. The van der Waals surface area contributed by atoms with Gasteiger partial charge in [0.15, 0.2) is 0 Å². The Kier molecular flexibility index (Phi) is 5.14. The molecule has 4 rings (SSSR count). The molecule has 2 aromatic carbocycles. The fraction of sp³-hybridized carbons (Fsp3) is 0.333. The van der Waals surface area contributed by atoms with Gasteiger partial charge in [-0.25, -0.2) is 0 Å². The Balaban J connectivity index is 1.68. The Morgan fingerprint density at radius 2 is 1.93 bits per heavy atom. The van der Waals surface area contributed by atoms with Crippen LogP contribution in [0, 0.1) is 22.7 Å². The highest BCUT2D eigenvalue weighted by Crippen LogP contribution is 2.44. The summed E-state index contributed by atoms with van der Waals surface area (Å²) in [6.45, 7) is 6.82. The summed E-state index contributed by atoms with van der Waals surface area (Å²) in [6.07, 6.45) is 2.95. The van der Waals surface area contributed by atoms with Crippen LogP contribution in [0.1, 0.15) is 53.6 Å². The number of anilines is 1. The average Bonchev–Trinajstić information content (AvgIpc) is 3.03. The molecule has 0 aliphatic heterocycles. The van der Waals surface area contributed by atoms with Crippen LogP contribution in [0.4, 0.5) is 5.00 Å². The van der Waals surface area contributed by atoms with E-state index in [0.717, 1.165) is 35.6 Å². The molecule has 0 radical (unpaired) electrons. The molecule has 1 aromatic heterocycles. The third-order valence-electron chi connectivity index (χ3n) is 5.94. The lowest BCUT2D eigenvalue weighted by atomic mass is 9.72. The first-order valence-electron chi connectivity index (χ1n) is 9.83. The molecule has 5 heteroatoms. The average molecular weight is 423 g/mol. The number of fused-ring (bicyclic) bond motifs is 2. The van der Waals surface area contributed by atoms with Crippen LogP contribution < -0.4 is 5.32 Å². The number of carbonyl (C=O) groups excluding carboxylic acids is 1. The van der Waals surface area contributed by atoms with Crippen molar-refractivity contribution in [1.82, 2.24) is 0 Å². The Hall–Kier alpha value is -2.35. The summed E-state index contributed by atoms with van der Waals surface area (Å²) in [5, 5.41) is 15.7. The molecule has 1 N–H and O–H groups in total. The fourth-order valence-corrected chi connectivity index (χ4v) is 5.68. The molecule has 1 atom stereocenters. The number of amides is 1. The van der Waals surface area contributed by atoms with Gasteiger partial charge in [-0.2, -0.15) is 5.26 Å². The monoisotopic (exact) mass is 422 g/mol. The van der Waals surface area contributed by atoms with E-state index in [1.807, 2.05) is 30.3 Å².